The van der Waals surface area contributed by atoms with Crippen molar-refractivity contribution in [3.05, 3.63) is 68.9 Å². The number of anilines is 1. The molecular formula is C21H25N3O3S. The number of hydrogen-bond acceptors (Lipinski definition) is 5. The van der Waals surface area contributed by atoms with Crippen molar-refractivity contribution in [2.24, 2.45) is 0 Å². The number of nitro groups is 1. The summed E-state index contributed by atoms with van der Waals surface area (Å²) in [6.45, 7) is 6.21. The number of benzene rings is 1. The molecule has 0 N–H and O–H groups in total. The highest BCUT2D eigenvalue weighted by atomic mass is 32.1. The fraction of sp³-hybridized carbons (Fsp3) is 0.381. The first-order chi connectivity index (χ1) is 13.6. The zero-order valence-electron chi connectivity index (χ0n) is 15.9. The number of nitro benzene ring substituents is 1. The lowest BCUT2D eigenvalue weighted by Crippen LogP contribution is -2.30. The third kappa shape index (κ3) is 4.78. The molecule has 28 heavy (non-hydrogen) atoms. The average Bonchev–Trinajstić information content (AvgIpc) is 3.06. The Balaban J connectivity index is 1.87. The minimum atomic E-state index is -0.381. The van der Waals surface area contributed by atoms with Crippen LogP contribution < -0.4 is 4.90 Å². The van der Waals surface area contributed by atoms with Crippen molar-refractivity contribution >= 4 is 28.6 Å². The molecule has 0 unspecified atom stereocenters. The van der Waals surface area contributed by atoms with Gasteiger partial charge in [-0.2, -0.15) is 0 Å². The maximum Gasteiger partial charge on any atom is 0.293 e. The van der Waals surface area contributed by atoms with E-state index >= 15 is 0 Å². The number of carbonyl (C=O) groups is 1. The van der Waals surface area contributed by atoms with Gasteiger partial charge in [-0.1, -0.05) is 25.0 Å². The van der Waals surface area contributed by atoms with E-state index in [1.54, 1.807) is 34.4 Å². The first-order valence-electron chi connectivity index (χ1n) is 9.56. The number of carbonyl (C=O) groups excluding carboxylic acids is 1. The topological polar surface area (TPSA) is 66.7 Å². The Bertz CT molecular complexity index is 827. The summed E-state index contributed by atoms with van der Waals surface area (Å²) in [6, 6.07) is 8.78. The van der Waals surface area contributed by atoms with Crippen LogP contribution in [0.25, 0.3) is 0 Å². The third-order valence-corrected chi connectivity index (χ3v) is 5.79. The minimum absolute atomic E-state index is 0.00225. The number of nitrogens with zero attached hydrogens (tertiary/aromatic N) is 3. The molecule has 0 atom stereocenters. The van der Waals surface area contributed by atoms with Gasteiger partial charge in [-0.15, -0.1) is 17.9 Å². The van der Waals surface area contributed by atoms with Crippen molar-refractivity contribution in [1.82, 2.24) is 4.90 Å². The largest absolute Gasteiger partial charge is 0.366 e. The van der Waals surface area contributed by atoms with Crippen LogP contribution in [-0.4, -0.2) is 35.4 Å². The molecule has 1 aliphatic rings. The van der Waals surface area contributed by atoms with Crippen LogP contribution in [0, 0.1) is 10.1 Å². The summed E-state index contributed by atoms with van der Waals surface area (Å²) in [7, 11) is 0. The summed E-state index contributed by atoms with van der Waals surface area (Å²) in [5.41, 5.74) is 0.947. The first kappa shape index (κ1) is 20.1. The highest BCUT2D eigenvalue weighted by Crippen LogP contribution is 2.31. The van der Waals surface area contributed by atoms with E-state index < -0.39 is 0 Å². The molecule has 2 heterocycles. The van der Waals surface area contributed by atoms with Gasteiger partial charge in [-0.3, -0.25) is 14.9 Å². The van der Waals surface area contributed by atoms with Crippen molar-refractivity contribution in [1.29, 1.82) is 0 Å². The zero-order chi connectivity index (χ0) is 19.9. The van der Waals surface area contributed by atoms with Crippen LogP contribution in [0.5, 0.6) is 0 Å². The molecule has 3 rings (SSSR count). The first-order valence-corrected chi connectivity index (χ1v) is 10.4. The quantitative estimate of drug-likeness (QED) is 0.379. The summed E-state index contributed by atoms with van der Waals surface area (Å²) >= 11 is 1.58. The van der Waals surface area contributed by atoms with Gasteiger partial charge in [-0.25, -0.2) is 0 Å². The maximum absolute atomic E-state index is 13.0. The molecule has 0 radical (unpaired) electrons. The lowest BCUT2D eigenvalue weighted by atomic mass is 10.1. The SMILES string of the molecule is C=CCN(Cc1cccs1)C(=O)c1ccc(N2CCCCCC2)c([N+](=O)[O-])c1. The zero-order valence-corrected chi connectivity index (χ0v) is 16.7. The van der Waals surface area contributed by atoms with Crippen molar-refractivity contribution in [2.45, 2.75) is 32.2 Å². The Hall–Kier alpha value is -2.67. The Labute approximate surface area is 169 Å². The lowest BCUT2D eigenvalue weighted by molar-refractivity contribution is -0.384. The van der Waals surface area contributed by atoms with Crippen molar-refractivity contribution in [2.75, 3.05) is 24.5 Å². The highest BCUT2D eigenvalue weighted by molar-refractivity contribution is 7.09. The predicted octanol–water partition coefficient (Wildman–Crippen LogP) is 4.87. The predicted molar refractivity (Wildman–Crippen MR) is 113 cm³/mol. The highest BCUT2D eigenvalue weighted by Gasteiger charge is 2.24. The third-order valence-electron chi connectivity index (χ3n) is 4.93. The summed E-state index contributed by atoms with van der Waals surface area (Å²) in [5.74, 6) is -0.223. The van der Waals surface area contributed by atoms with Crippen LogP contribution in [0.1, 0.15) is 40.9 Å². The van der Waals surface area contributed by atoms with E-state index in [0.717, 1.165) is 43.6 Å². The van der Waals surface area contributed by atoms with Gasteiger partial charge >= 0.3 is 0 Å². The summed E-state index contributed by atoms with van der Waals surface area (Å²) in [4.78, 5) is 29.2. The van der Waals surface area contributed by atoms with Crippen molar-refractivity contribution < 1.29 is 9.72 Å². The normalized spacial score (nSPS) is 14.4. The molecule has 0 aliphatic carbocycles. The molecule has 6 nitrogen and oxygen atoms in total. The molecule has 1 aromatic carbocycles. The Morgan fingerprint density at radius 2 is 2.00 bits per heavy atom. The van der Waals surface area contributed by atoms with Gasteiger partial charge in [0, 0.05) is 36.1 Å². The van der Waals surface area contributed by atoms with Gasteiger partial charge in [0.05, 0.1) is 11.5 Å². The molecule has 2 aromatic rings. The molecule has 1 aromatic heterocycles. The van der Waals surface area contributed by atoms with Crippen LogP contribution in [0.4, 0.5) is 11.4 Å². The summed E-state index contributed by atoms with van der Waals surface area (Å²) in [6.07, 6.45) is 6.04. The fourth-order valence-electron chi connectivity index (χ4n) is 3.53. The second kappa shape index (κ2) is 9.50. The maximum atomic E-state index is 13.0. The van der Waals surface area contributed by atoms with Crippen LogP contribution in [0.3, 0.4) is 0 Å². The van der Waals surface area contributed by atoms with E-state index in [1.807, 2.05) is 17.5 Å². The van der Waals surface area contributed by atoms with Gasteiger partial charge in [0.25, 0.3) is 11.6 Å². The molecule has 7 heteroatoms. The molecule has 0 saturated carbocycles. The number of hydrogen-bond donors (Lipinski definition) is 0. The van der Waals surface area contributed by atoms with Crippen molar-refractivity contribution in [3.8, 4) is 0 Å². The Morgan fingerprint density at radius 1 is 1.25 bits per heavy atom. The minimum Gasteiger partial charge on any atom is -0.366 e. The number of thiophene rings is 1. The van der Waals surface area contributed by atoms with Crippen molar-refractivity contribution in [3.63, 3.8) is 0 Å². The van der Waals surface area contributed by atoms with Crippen LogP contribution in [0.15, 0.2) is 48.4 Å². The van der Waals surface area contributed by atoms with Gasteiger partial charge in [0.1, 0.15) is 5.69 Å². The second-order valence-corrected chi connectivity index (χ2v) is 7.95. The van der Waals surface area contributed by atoms with Gasteiger partial charge in [0.15, 0.2) is 0 Å². The van der Waals surface area contributed by atoms with E-state index in [0.29, 0.717) is 24.3 Å². The van der Waals surface area contributed by atoms with E-state index in [1.165, 1.54) is 6.07 Å². The molecule has 1 aliphatic heterocycles. The summed E-state index contributed by atoms with van der Waals surface area (Å²) < 4.78 is 0. The lowest BCUT2D eigenvalue weighted by Gasteiger charge is -2.24. The van der Waals surface area contributed by atoms with E-state index in [-0.39, 0.29) is 16.5 Å². The molecule has 0 spiro atoms. The van der Waals surface area contributed by atoms with Gasteiger partial charge < -0.3 is 9.80 Å². The monoisotopic (exact) mass is 399 g/mol. The van der Waals surface area contributed by atoms with Gasteiger partial charge in [-0.05, 0) is 36.4 Å². The van der Waals surface area contributed by atoms with E-state index in [9.17, 15) is 14.9 Å². The second-order valence-electron chi connectivity index (χ2n) is 6.92. The van der Waals surface area contributed by atoms with Crippen LogP contribution in [-0.2, 0) is 6.54 Å². The molecule has 0 bridgehead atoms. The molecular weight excluding hydrogens is 374 g/mol. The standard InChI is InChI=1S/C21H25N3O3S/c1-2-11-23(16-18-8-7-14-28-18)21(25)17-9-10-19(20(15-17)24(26)27)22-12-5-3-4-6-13-22/h2,7-10,14-15H,1,3-6,11-13,16H2. The smallest absolute Gasteiger partial charge is 0.293 e. The molecule has 148 valence electrons. The number of rotatable bonds is 7. The molecule has 1 saturated heterocycles. The van der Waals surface area contributed by atoms with Crippen LogP contribution in [0.2, 0.25) is 0 Å². The van der Waals surface area contributed by atoms with Crippen LogP contribution >= 0.6 is 11.3 Å². The number of amides is 1. The molecule has 1 fully saturated rings. The van der Waals surface area contributed by atoms with E-state index in [4.69, 9.17) is 0 Å². The Morgan fingerprint density at radius 3 is 2.61 bits per heavy atom. The Kier molecular flexibility index (Phi) is 6.81. The molecule has 1 amide bonds. The average molecular weight is 400 g/mol. The fourth-order valence-corrected chi connectivity index (χ4v) is 4.25. The summed E-state index contributed by atoms with van der Waals surface area (Å²) in [5, 5.41) is 13.7. The van der Waals surface area contributed by atoms with E-state index in [2.05, 4.69) is 11.5 Å². The van der Waals surface area contributed by atoms with Gasteiger partial charge in [0.2, 0.25) is 0 Å².